The Bertz CT molecular complexity index is 630. The molecule has 6 heteroatoms. The summed E-state index contributed by atoms with van der Waals surface area (Å²) in [5.74, 6) is 0.435. The van der Waals surface area contributed by atoms with Crippen LogP contribution in [0.3, 0.4) is 0 Å². The maximum absolute atomic E-state index is 11.4. The van der Waals surface area contributed by atoms with Crippen LogP contribution >= 0.6 is 23.2 Å². The molecule has 20 heavy (non-hydrogen) atoms. The third-order valence-corrected chi connectivity index (χ3v) is 2.84. The summed E-state index contributed by atoms with van der Waals surface area (Å²) in [6.45, 7) is 0. The van der Waals surface area contributed by atoms with Gasteiger partial charge in [0.15, 0.2) is 0 Å². The van der Waals surface area contributed by atoms with E-state index in [4.69, 9.17) is 27.9 Å². The van der Waals surface area contributed by atoms with Crippen molar-refractivity contribution in [1.82, 2.24) is 5.43 Å². The average Bonchev–Trinajstić information content (AvgIpc) is 2.42. The first kappa shape index (κ1) is 14.4. The minimum absolute atomic E-state index is 0.435. The van der Waals surface area contributed by atoms with Gasteiger partial charge in [-0.3, -0.25) is 0 Å². The molecule has 0 saturated heterocycles. The maximum Gasteiger partial charge on any atom is 0.433 e. The highest BCUT2D eigenvalue weighted by Crippen LogP contribution is 2.19. The van der Waals surface area contributed by atoms with Gasteiger partial charge in [0, 0.05) is 10.6 Å². The van der Waals surface area contributed by atoms with E-state index in [0.29, 0.717) is 21.4 Å². The molecule has 1 amide bonds. The summed E-state index contributed by atoms with van der Waals surface area (Å²) in [5.41, 5.74) is 2.87. The Morgan fingerprint density at radius 1 is 1.15 bits per heavy atom. The second-order valence-corrected chi connectivity index (χ2v) is 4.58. The van der Waals surface area contributed by atoms with Gasteiger partial charge >= 0.3 is 6.09 Å². The normalized spacial score (nSPS) is 10.5. The van der Waals surface area contributed by atoms with Crippen LogP contribution < -0.4 is 10.2 Å². The Hall–Kier alpha value is -2.04. The Kier molecular flexibility index (Phi) is 4.98. The number of amides is 1. The number of halogens is 2. The van der Waals surface area contributed by atoms with Crippen LogP contribution in [0.5, 0.6) is 5.75 Å². The molecule has 0 aliphatic carbocycles. The van der Waals surface area contributed by atoms with Crippen molar-refractivity contribution in [2.75, 3.05) is 0 Å². The van der Waals surface area contributed by atoms with Crippen LogP contribution in [0.15, 0.2) is 53.6 Å². The fourth-order valence-electron chi connectivity index (χ4n) is 1.38. The highest BCUT2D eigenvalue weighted by molar-refractivity contribution is 6.36. The van der Waals surface area contributed by atoms with Crippen LogP contribution in [0.1, 0.15) is 5.56 Å². The molecule has 102 valence electrons. The molecule has 1 N–H and O–H groups in total. The van der Waals surface area contributed by atoms with Crippen LogP contribution in [0.2, 0.25) is 10.0 Å². The smallest absolute Gasteiger partial charge is 0.409 e. The monoisotopic (exact) mass is 308 g/mol. The Morgan fingerprint density at radius 3 is 2.60 bits per heavy atom. The van der Waals surface area contributed by atoms with Crippen molar-refractivity contribution in [3.63, 3.8) is 0 Å². The van der Waals surface area contributed by atoms with Crippen LogP contribution in [-0.2, 0) is 0 Å². The number of para-hydroxylation sites is 1. The van der Waals surface area contributed by atoms with Gasteiger partial charge in [-0.2, -0.15) is 5.10 Å². The Balaban J connectivity index is 1.91. The quantitative estimate of drug-likeness (QED) is 0.685. The van der Waals surface area contributed by atoms with Crippen LogP contribution in [0.4, 0.5) is 4.79 Å². The van der Waals surface area contributed by atoms with E-state index in [0.717, 1.165) is 0 Å². The number of carbonyl (C=O) groups excluding carboxylic acids is 1. The zero-order chi connectivity index (χ0) is 14.4. The molecule has 0 bridgehead atoms. The van der Waals surface area contributed by atoms with E-state index in [9.17, 15) is 4.79 Å². The van der Waals surface area contributed by atoms with E-state index in [-0.39, 0.29) is 0 Å². The molecule has 0 aromatic heterocycles. The number of carbonyl (C=O) groups is 1. The molecule has 0 heterocycles. The molecule has 0 radical (unpaired) electrons. The van der Waals surface area contributed by atoms with Crippen molar-refractivity contribution < 1.29 is 9.53 Å². The van der Waals surface area contributed by atoms with Gasteiger partial charge in [-0.25, -0.2) is 10.2 Å². The summed E-state index contributed by atoms with van der Waals surface area (Å²) in [6, 6.07) is 13.6. The number of nitrogens with one attached hydrogen (secondary N) is 1. The van der Waals surface area contributed by atoms with Crippen molar-refractivity contribution in [2.45, 2.75) is 0 Å². The summed E-state index contributed by atoms with van der Waals surface area (Å²) >= 11 is 11.7. The lowest BCUT2D eigenvalue weighted by molar-refractivity contribution is 0.201. The Labute approximate surface area is 126 Å². The first-order valence-electron chi connectivity index (χ1n) is 5.66. The second kappa shape index (κ2) is 6.93. The highest BCUT2D eigenvalue weighted by atomic mass is 35.5. The molecule has 0 spiro atoms. The highest BCUT2D eigenvalue weighted by Gasteiger charge is 2.02. The first-order valence-corrected chi connectivity index (χ1v) is 6.42. The molecule has 2 aromatic carbocycles. The SMILES string of the molecule is O=C(NN=Cc1ccc(Cl)cc1Cl)Oc1ccccc1. The summed E-state index contributed by atoms with van der Waals surface area (Å²) in [5, 5.41) is 4.73. The molecule has 0 aliphatic rings. The van der Waals surface area contributed by atoms with Crippen molar-refractivity contribution >= 4 is 35.5 Å². The van der Waals surface area contributed by atoms with Gasteiger partial charge in [-0.15, -0.1) is 0 Å². The van der Waals surface area contributed by atoms with Gasteiger partial charge in [-0.1, -0.05) is 47.5 Å². The lowest BCUT2D eigenvalue weighted by atomic mass is 10.2. The minimum Gasteiger partial charge on any atom is -0.409 e. The third-order valence-electron chi connectivity index (χ3n) is 2.28. The van der Waals surface area contributed by atoms with Crippen molar-refractivity contribution in [3.05, 3.63) is 64.1 Å². The first-order chi connectivity index (χ1) is 9.65. The van der Waals surface area contributed by atoms with E-state index in [1.54, 1.807) is 42.5 Å². The van der Waals surface area contributed by atoms with Crippen molar-refractivity contribution in [2.24, 2.45) is 5.10 Å². The van der Waals surface area contributed by atoms with Gasteiger partial charge in [0.25, 0.3) is 0 Å². The van der Waals surface area contributed by atoms with E-state index in [1.165, 1.54) is 6.21 Å². The maximum atomic E-state index is 11.4. The Morgan fingerprint density at radius 2 is 1.90 bits per heavy atom. The summed E-state index contributed by atoms with van der Waals surface area (Å²) in [4.78, 5) is 11.4. The van der Waals surface area contributed by atoms with Crippen LogP contribution in [0, 0.1) is 0 Å². The third kappa shape index (κ3) is 4.26. The molecule has 0 saturated carbocycles. The van der Waals surface area contributed by atoms with Crippen molar-refractivity contribution in [3.8, 4) is 5.75 Å². The number of hydrazone groups is 1. The van der Waals surface area contributed by atoms with Gasteiger partial charge in [0.05, 0.1) is 11.2 Å². The van der Waals surface area contributed by atoms with E-state index < -0.39 is 6.09 Å². The lowest BCUT2D eigenvalue weighted by Gasteiger charge is -2.02. The van der Waals surface area contributed by atoms with Crippen LogP contribution in [-0.4, -0.2) is 12.3 Å². The molecular weight excluding hydrogens is 299 g/mol. The number of nitrogens with zero attached hydrogens (tertiary/aromatic N) is 1. The minimum atomic E-state index is -0.683. The zero-order valence-electron chi connectivity index (χ0n) is 10.2. The predicted octanol–water partition coefficient (Wildman–Crippen LogP) is 4.12. The molecule has 0 aliphatic heterocycles. The number of benzene rings is 2. The molecule has 2 rings (SSSR count). The second-order valence-electron chi connectivity index (χ2n) is 3.74. The number of hydrogen-bond acceptors (Lipinski definition) is 3. The molecule has 0 atom stereocenters. The summed E-state index contributed by atoms with van der Waals surface area (Å²) < 4.78 is 4.98. The topological polar surface area (TPSA) is 50.7 Å². The van der Waals surface area contributed by atoms with E-state index in [1.807, 2.05) is 6.07 Å². The summed E-state index contributed by atoms with van der Waals surface area (Å²) in [7, 11) is 0. The number of rotatable bonds is 3. The molecular formula is C14H10Cl2N2O2. The molecule has 2 aromatic rings. The molecule has 0 unspecified atom stereocenters. The van der Waals surface area contributed by atoms with Crippen LogP contribution in [0.25, 0.3) is 0 Å². The van der Waals surface area contributed by atoms with E-state index in [2.05, 4.69) is 10.5 Å². The van der Waals surface area contributed by atoms with Gasteiger partial charge in [0.2, 0.25) is 0 Å². The van der Waals surface area contributed by atoms with Crippen molar-refractivity contribution in [1.29, 1.82) is 0 Å². The number of ether oxygens (including phenoxy) is 1. The van der Waals surface area contributed by atoms with Gasteiger partial charge < -0.3 is 4.74 Å². The molecule has 0 fully saturated rings. The molecule has 4 nitrogen and oxygen atoms in total. The standard InChI is InChI=1S/C14H10Cl2N2O2/c15-11-7-6-10(13(16)8-11)9-17-18-14(19)20-12-4-2-1-3-5-12/h1-9H,(H,18,19). The predicted molar refractivity (Wildman–Crippen MR) is 79.7 cm³/mol. The summed E-state index contributed by atoms with van der Waals surface area (Å²) in [6.07, 6.45) is 0.725. The van der Waals surface area contributed by atoms with E-state index >= 15 is 0 Å². The van der Waals surface area contributed by atoms with Gasteiger partial charge in [-0.05, 0) is 24.3 Å². The average molecular weight is 309 g/mol. The fourth-order valence-corrected chi connectivity index (χ4v) is 1.84. The number of hydrogen-bond donors (Lipinski definition) is 1. The lowest BCUT2D eigenvalue weighted by Crippen LogP contribution is -2.21. The van der Waals surface area contributed by atoms with Gasteiger partial charge in [0.1, 0.15) is 5.75 Å². The zero-order valence-corrected chi connectivity index (χ0v) is 11.7. The fraction of sp³-hybridized carbons (Fsp3) is 0. The largest absolute Gasteiger partial charge is 0.433 e.